The Labute approximate surface area is 128 Å². The van der Waals surface area contributed by atoms with Gasteiger partial charge >= 0.3 is 0 Å². The highest BCUT2D eigenvalue weighted by molar-refractivity contribution is 5.28. The van der Waals surface area contributed by atoms with E-state index in [1.165, 1.54) is 17.0 Å². The molecule has 1 atom stereocenters. The van der Waals surface area contributed by atoms with E-state index in [1.54, 1.807) is 7.11 Å². The van der Waals surface area contributed by atoms with E-state index in [2.05, 4.69) is 37.9 Å². The van der Waals surface area contributed by atoms with Gasteiger partial charge in [-0.15, -0.1) is 0 Å². The van der Waals surface area contributed by atoms with Crippen molar-refractivity contribution in [2.24, 2.45) is 0 Å². The third-order valence-corrected chi connectivity index (χ3v) is 4.09. The summed E-state index contributed by atoms with van der Waals surface area (Å²) in [6.45, 7) is 8.63. The van der Waals surface area contributed by atoms with Gasteiger partial charge in [-0.2, -0.15) is 0 Å². The lowest BCUT2D eigenvalue weighted by molar-refractivity contribution is 0.157. The van der Waals surface area contributed by atoms with E-state index in [9.17, 15) is 0 Å². The zero-order valence-electron chi connectivity index (χ0n) is 13.8. The van der Waals surface area contributed by atoms with Gasteiger partial charge in [0.05, 0.1) is 18.9 Å². The predicted octanol–water partition coefficient (Wildman–Crippen LogP) is 2.79. The SMILES string of the molecule is COCCN(C)Cc1nc(C(C)C)ccc1[C@@H]1CCOC1. The van der Waals surface area contributed by atoms with Gasteiger partial charge in [-0.25, -0.2) is 0 Å². The van der Waals surface area contributed by atoms with E-state index >= 15 is 0 Å². The van der Waals surface area contributed by atoms with Crippen molar-refractivity contribution in [2.75, 3.05) is 40.5 Å². The minimum absolute atomic E-state index is 0.460. The Balaban J connectivity index is 2.18. The molecule has 1 fully saturated rings. The number of nitrogens with zero attached hydrogens (tertiary/aromatic N) is 2. The van der Waals surface area contributed by atoms with Crippen molar-refractivity contribution in [3.63, 3.8) is 0 Å². The largest absolute Gasteiger partial charge is 0.383 e. The molecule has 2 heterocycles. The fraction of sp³-hybridized carbons (Fsp3) is 0.706. The van der Waals surface area contributed by atoms with Crippen LogP contribution in [-0.4, -0.2) is 50.4 Å². The molecular weight excluding hydrogens is 264 g/mol. The zero-order chi connectivity index (χ0) is 15.2. The van der Waals surface area contributed by atoms with Crippen LogP contribution in [0.5, 0.6) is 0 Å². The predicted molar refractivity (Wildman–Crippen MR) is 84.7 cm³/mol. The van der Waals surface area contributed by atoms with Crippen LogP contribution in [0, 0.1) is 0 Å². The van der Waals surface area contributed by atoms with E-state index in [0.717, 1.165) is 39.3 Å². The van der Waals surface area contributed by atoms with Gasteiger partial charge in [0.25, 0.3) is 0 Å². The fourth-order valence-corrected chi connectivity index (χ4v) is 2.71. The van der Waals surface area contributed by atoms with E-state index in [0.29, 0.717) is 11.8 Å². The number of pyridine rings is 1. The van der Waals surface area contributed by atoms with Gasteiger partial charge in [-0.1, -0.05) is 19.9 Å². The van der Waals surface area contributed by atoms with E-state index < -0.39 is 0 Å². The van der Waals surface area contributed by atoms with Crippen molar-refractivity contribution < 1.29 is 9.47 Å². The van der Waals surface area contributed by atoms with Gasteiger partial charge in [0.1, 0.15) is 0 Å². The Hall–Kier alpha value is -0.970. The molecule has 0 bridgehead atoms. The van der Waals surface area contributed by atoms with Crippen LogP contribution in [0.3, 0.4) is 0 Å². The van der Waals surface area contributed by atoms with Crippen LogP contribution in [0.25, 0.3) is 0 Å². The van der Waals surface area contributed by atoms with E-state index in [1.807, 2.05) is 0 Å². The molecule has 1 aliphatic heterocycles. The molecule has 4 heteroatoms. The molecule has 1 aromatic rings. The minimum Gasteiger partial charge on any atom is -0.383 e. The summed E-state index contributed by atoms with van der Waals surface area (Å²) in [5.41, 5.74) is 3.74. The van der Waals surface area contributed by atoms with Crippen molar-refractivity contribution in [2.45, 2.75) is 38.6 Å². The first-order valence-corrected chi connectivity index (χ1v) is 7.86. The summed E-state index contributed by atoms with van der Waals surface area (Å²) in [4.78, 5) is 7.20. The van der Waals surface area contributed by atoms with Gasteiger partial charge < -0.3 is 9.47 Å². The molecule has 0 saturated carbocycles. The average Bonchev–Trinajstić information content (AvgIpc) is 2.99. The lowest BCUT2D eigenvalue weighted by Crippen LogP contribution is -2.24. The fourth-order valence-electron chi connectivity index (χ4n) is 2.71. The Kier molecular flexibility index (Phi) is 6.15. The quantitative estimate of drug-likeness (QED) is 0.774. The first kappa shape index (κ1) is 16.4. The molecule has 21 heavy (non-hydrogen) atoms. The van der Waals surface area contributed by atoms with Gasteiger partial charge in [0.15, 0.2) is 0 Å². The number of ether oxygens (including phenoxy) is 2. The molecule has 0 radical (unpaired) electrons. The first-order valence-electron chi connectivity index (χ1n) is 7.86. The molecule has 1 aliphatic rings. The molecule has 0 unspecified atom stereocenters. The lowest BCUT2D eigenvalue weighted by Gasteiger charge is -2.21. The Morgan fingerprint density at radius 3 is 2.86 bits per heavy atom. The molecule has 4 nitrogen and oxygen atoms in total. The molecule has 0 aliphatic carbocycles. The standard InChI is InChI=1S/C17H28N2O2/c1-13(2)16-6-5-15(14-7-9-21-12-14)17(18-16)11-19(3)8-10-20-4/h5-6,13-14H,7-12H2,1-4H3/t14-/m1/s1. The molecule has 1 saturated heterocycles. The lowest BCUT2D eigenvalue weighted by atomic mass is 9.95. The maximum absolute atomic E-state index is 5.55. The van der Waals surface area contributed by atoms with Gasteiger partial charge in [0.2, 0.25) is 0 Å². The normalized spacial score (nSPS) is 18.9. The summed E-state index contributed by atoms with van der Waals surface area (Å²) in [5, 5.41) is 0. The molecule has 0 N–H and O–H groups in total. The molecule has 1 aromatic heterocycles. The number of rotatable bonds is 7. The molecule has 2 rings (SSSR count). The third-order valence-electron chi connectivity index (χ3n) is 4.09. The number of likely N-dealkylation sites (N-methyl/N-ethyl adjacent to an activating group) is 1. The van der Waals surface area contributed by atoms with Crippen LogP contribution in [0.2, 0.25) is 0 Å². The van der Waals surface area contributed by atoms with Crippen LogP contribution in [0.4, 0.5) is 0 Å². The summed E-state index contributed by atoms with van der Waals surface area (Å²) < 4.78 is 10.7. The second kappa shape index (κ2) is 7.87. The van der Waals surface area contributed by atoms with Crippen LogP contribution in [0.15, 0.2) is 12.1 Å². The third kappa shape index (κ3) is 4.50. The molecule has 0 aromatic carbocycles. The van der Waals surface area contributed by atoms with Crippen LogP contribution >= 0.6 is 0 Å². The number of methoxy groups -OCH3 is 1. The summed E-state index contributed by atoms with van der Waals surface area (Å²) in [6.07, 6.45) is 1.11. The van der Waals surface area contributed by atoms with Gasteiger partial charge in [-0.3, -0.25) is 9.88 Å². The second-order valence-corrected chi connectivity index (χ2v) is 6.22. The molecule has 0 amide bonds. The van der Waals surface area contributed by atoms with Crippen LogP contribution in [0.1, 0.15) is 49.1 Å². The molecule has 0 spiro atoms. The monoisotopic (exact) mass is 292 g/mol. The van der Waals surface area contributed by atoms with Crippen LogP contribution < -0.4 is 0 Å². The average molecular weight is 292 g/mol. The van der Waals surface area contributed by atoms with Crippen molar-refractivity contribution in [3.05, 3.63) is 29.1 Å². The van der Waals surface area contributed by atoms with Crippen LogP contribution in [-0.2, 0) is 16.0 Å². The maximum Gasteiger partial charge on any atom is 0.0589 e. The Morgan fingerprint density at radius 1 is 1.43 bits per heavy atom. The summed E-state index contributed by atoms with van der Waals surface area (Å²) in [5.74, 6) is 0.964. The van der Waals surface area contributed by atoms with Crippen molar-refractivity contribution in [3.8, 4) is 0 Å². The summed E-state index contributed by atoms with van der Waals surface area (Å²) >= 11 is 0. The maximum atomic E-state index is 5.55. The van der Waals surface area contributed by atoms with Crippen molar-refractivity contribution in [1.82, 2.24) is 9.88 Å². The number of hydrogen-bond acceptors (Lipinski definition) is 4. The second-order valence-electron chi connectivity index (χ2n) is 6.22. The minimum atomic E-state index is 0.460. The van der Waals surface area contributed by atoms with Gasteiger partial charge in [0, 0.05) is 38.4 Å². The highest BCUT2D eigenvalue weighted by Crippen LogP contribution is 2.29. The van der Waals surface area contributed by atoms with E-state index in [-0.39, 0.29) is 0 Å². The Bertz CT molecular complexity index is 442. The number of aromatic nitrogens is 1. The zero-order valence-corrected chi connectivity index (χ0v) is 13.8. The summed E-state index contributed by atoms with van der Waals surface area (Å²) in [7, 11) is 3.87. The Morgan fingerprint density at radius 2 is 2.24 bits per heavy atom. The van der Waals surface area contributed by atoms with Crippen molar-refractivity contribution >= 4 is 0 Å². The molecule has 118 valence electrons. The topological polar surface area (TPSA) is 34.6 Å². The smallest absolute Gasteiger partial charge is 0.0589 e. The van der Waals surface area contributed by atoms with E-state index in [4.69, 9.17) is 14.5 Å². The summed E-state index contributed by atoms with van der Waals surface area (Å²) in [6, 6.07) is 4.44. The molecular formula is C17H28N2O2. The van der Waals surface area contributed by atoms with Gasteiger partial charge in [-0.05, 0) is 31.0 Å². The highest BCUT2D eigenvalue weighted by Gasteiger charge is 2.22. The first-order chi connectivity index (χ1) is 10.1. The van der Waals surface area contributed by atoms with Crippen molar-refractivity contribution in [1.29, 1.82) is 0 Å². The highest BCUT2D eigenvalue weighted by atomic mass is 16.5. The number of hydrogen-bond donors (Lipinski definition) is 0.